The summed E-state index contributed by atoms with van der Waals surface area (Å²) in [5.74, 6) is -0.523. The minimum Gasteiger partial charge on any atom is -0.411 e. The molecule has 0 unspecified atom stereocenters. The maximum atomic E-state index is 11.3. The van der Waals surface area contributed by atoms with E-state index in [2.05, 4.69) is 5.16 Å². The van der Waals surface area contributed by atoms with E-state index < -0.39 is 0 Å². The van der Waals surface area contributed by atoms with Gasteiger partial charge in [0, 0.05) is 5.57 Å². The third-order valence-corrected chi connectivity index (χ3v) is 1.82. The van der Waals surface area contributed by atoms with Crippen molar-refractivity contribution < 1.29 is 14.8 Å². The van der Waals surface area contributed by atoms with Crippen LogP contribution < -0.4 is 0 Å². The van der Waals surface area contributed by atoms with E-state index in [9.17, 15) is 9.59 Å². The van der Waals surface area contributed by atoms with Crippen LogP contribution in [0.2, 0.25) is 0 Å². The van der Waals surface area contributed by atoms with Gasteiger partial charge in [0.1, 0.15) is 0 Å². The summed E-state index contributed by atoms with van der Waals surface area (Å²) in [6.45, 7) is 3.03. The predicted octanol–water partition coefficient (Wildman–Crippen LogP) is 0.861. The van der Waals surface area contributed by atoms with Crippen LogP contribution in [-0.4, -0.2) is 22.5 Å². The second-order valence-corrected chi connectivity index (χ2v) is 2.80. The Labute approximate surface area is 75.2 Å². The van der Waals surface area contributed by atoms with Gasteiger partial charge < -0.3 is 5.21 Å². The molecule has 1 N–H and O–H groups in total. The summed E-state index contributed by atoms with van der Waals surface area (Å²) >= 11 is 0. The third kappa shape index (κ3) is 1.72. The lowest BCUT2D eigenvalue weighted by Gasteiger charge is -2.07. The number of carbonyl (C=O) groups excluding carboxylic acids is 2. The van der Waals surface area contributed by atoms with E-state index >= 15 is 0 Å². The second kappa shape index (κ2) is 3.35. The minimum absolute atomic E-state index is 0.151. The van der Waals surface area contributed by atoms with Gasteiger partial charge in [-0.25, -0.2) is 0 Å². The van der Waals surface area contributed by atoms with Crippen LogP contribution in [0.3, 0.4) is 0 Å². The van der Waals surface area contributed by atoms with Crippen molar-refractivity contribution in [3.05, 3.63) is 23.3 Å². The molecule has 4 nitrogen and oxygen atoms in total. The van der Waals surface area contributed by atoms with Crippen molar-refractivity contribution >= 4 is 17.3 Å². The summed E-state index contributed by atoms with van der Waals surface area (Å²) < 4.78 is 0. The van der Waals surface area contributed by atoms with Gasteiger partial charge in [0.25, 0.3) is 0 Å². The first kappa shape index (κ1) is 9.38. The molecular formula is C9H9NO3. The summed E-state index contributed by atoms with van der Waals surface area (Å²) in [7, 11) is 0. The Morgan fingerprint density at radius 3 is 2.46 bits per heavy atom. The lowest BCUT2D eigenvalue weighted by atomic mass is 9.96. The Bertz CT molecular complexity index is 361. The lowest BCUT2D eigenvalue weighted by molar-refractivity contribution is -0.114. The number of nitrogens with zero attached hydrogens (tertiary/aromatic N) is 1. The molecule has 0 aromatic carbocycles. The van der Waals surface area contributed by atoms with Gasteiger partial charge in [-0.15, -0.1) is 0 Å². The first-order valence-corrected chi connectivity index (χ1v) is 3.74. The molecule has 0 spiro atoms. The van der Waals surface area contributed by atoms with Crippen LogP contribution in [0.4, 0.5) is 0 Å². The van der Waals surface area contributed by atoms with Gasteiger partial charge in [0.15, 0.2) is 11.6 Å². The molecule has 0 radical (unpaired) electrons. The highest BCUT2D eigenvalue weighted by Gasteiger charge is 2.19. The molecule has 4 heteroatoms. The van der Waals surface area contributed by atoms with Crippen LogP contribution in [0.25, 0.3) is 0 Å². The van der Waals surface area contributed by atoms with Gasteiger partial charge in [-0.1, -0.05) is 5.16 Å². The minimum atomic E-state index is -0.299. The van der Waals surface area contributed by atoms with Gasteiger partial charge in [0.05, 0.1) is 11.3 Å². The molecule has 0 amide bonds. The number of carbonyl (C=O) groups is 2. The van der Waals surface area contributed by atoms with Crippen LogP contribution in [0.1, 0.15) is 13.8 Å². The Kier molecular flexibility index (Phi) is 2.41. The van der Waals surface area contributed by atoms with E-state index in [-0.39, 0.29) is 22.9 Å². The molecule has 0 fully saturated rings. The molecular weight excluding hydrogens is 170 g/mol. The Balaban J connectivity index is 3.10. The first-order valence-electron chi connectivity index (χ1n) is 3.74. The van der Waals surface area contributed by atoms with Crippen LogP contribution in [0, 0.1) is 0 Å². The fraction of sp³-hybridized carbons (Fsp3) is 0.222. The molecule has 1 aliphatic carbocycles. The first-order chi connectivity index (χ1) is 6.06. The maximum Gasteiger partial charge on any atom is 0.188 e. The SMILES string of the molecule is CC1=CC(=O)C(/C(C)=N/O)=CC1=O. The van der Waals surface area contributed by atoms with Crippen LogP contribution in [0.5, 0.6) is 0 Å². The summed E-state index contributed by atoms with van der Waals surface area (Å²) in [6, 6.07) is 0. The highest BCUT2D eigenvalue weighted by atomic mass is 16.4. The maximum absolute atomic E-state index is 11.3. The van der Waals surface area contributed by atoms with E-state index in [1.54, 1.807) is 6.92 Å². The number of rotatable bonds is 1. The number of allylic oxidation sites excluding steroid dienone is 4. The molecule has 0 heterocycles. The average Bonchev–Trinajstić information content (AvgIpc) is 2.10. The van der Waals surface area contributed by atoms with E-state index in [4.69, 9.17) is 5.21 Å². The zero-order valence-corrected chi connectivity index (χ0v) is 7.37. The second-order valence-electron chi connectivity index (χ2n) is 2.80. The highest BCUT2D eigenvalue weighted by molar-refractivity contribution is 6.32. The quantitative estimate of drug-likeness (QED) is 0.281. The molecule has 0 atom stereocenters. The Morgan fingerprint density at radius 1 is 1.31 bits per heavy atom. The van der Waals surface area contributed by atoms with Crippen molar-refractivity contribution in [3.63, 3.8) is 0 Å². The summed E-state index contributed by atoms with van der Waals surface area (Å²) in [5, 5.41) is 11.3. The Morgan fingerprint density at radius 2 is 1.92 bits per heavy atom. The molecule has 0 aromatic heterocycles. The molecule has 0 saturated heterocycles. The van der Waals surface area contributed by atoms with Crippen molar-refractivity contribution in [1.29, 1.82) is 0 Å². The van der Waals surface area contributed by atoms with Gasteiger partial charge in [-0.3, -0.25) is 9.59 Å². The van der Waals surface area contributed by atoms with Gasteiger partial charge in [0.2, 0.25) is 0 Å². The summed E-state index contributed by atoms with van der Waals surface area (Å²) in [5.41, 5.74) is 0.708. The molecule has 0 saturated carbocycles. The molecule has 0 bridgehead atoms. The number of hydrogen-bond acceptors (Lipinski definition) is 4. The van der Waals surface area contributed by atoms with Crippen LogP contribution >= 0.6 is 0 Å². The summed E-state index contributed by atoms with van der Waals surface area (Å²) in [4.78, 5) is 22.4. The molecule has 0 aromatic rings. The largest absolute Gasteiger partial charge is 0.411 e. The van der Waals surface area contributed by atoms with Crippen molar-refractivity contribution in [1.82, 2.24) is 0 Å². The molecule has 13 heavy (non-hydrogen) atoms. The summed E-state index contributed by atoms with van der Waals surface area (Å²) in [6.07, 6.45) is 2.43. The number of oxime groups is 1. The third-order valence-electron chi connectivity index (χ3n) is 1.82. The zero-order chi connectivity index (χ0) is 10.0. The molecule has 1 aliphatic rings. The zero-order valence-electron chi connectivity index (χ0n) is 7.37. The van der Waals surface area contributed by atoms with E-state index in [1.807, 2.05) is 0 Å². The average molecular weight is 179 g/mol. The normalized spacial score (nSPS) is 18.5. The number of hydrogen-bond donors (Lipinski definition) is 1. The molecule has 68 valence electrons. The topological polar surface area (TPSA) is 66.7 Å². The van der Waals surface area contributed by atoms with Gasteiger partial charge in [-0.2, -0.15) is 0 Å². The van der Waals surface area contributed by atoms with Crippen molar-refractivity contribution in [3.8, 4) is 0 Å². The molecule has 1 rings (SSSR count). The standard InChI is InChI=1S/C9H9NO3/c1-5-3-9(12)7(4-8(5)11)6(2)10-13/h3-4,13H,1-2H3/b10-6+. The van der Waals surface area contributed by atoms with Crippen molar-refractivity contribution in [2.24, 2.45) is 5.16 Å². The van der Waals surface area contributed by atoms with Crippen LogP contribution in [0.15, 0.2) is 28.5 Å². The van der Waals surface area contributed by atoms with Crippen LogP contribution in [-0.2, 0) is 9.59 Å². The lowest BCUT2D eigenvalue weighted by Crippen LogP contribution is -2.16. The van der Waals surface area contributed by atoms with Crippen molar-refractivity contribution in [2.45, 2.75) is 13.8 Å². The van der Waals surface area contributed by atoms with E-state index in [0.29, 0.717) is 5.57 Å². The highest BCUT2D eigenvalue weighted by Crippen LogP contribution is 2.12. The molecule has 0 aliphatic heterocycles. The fourth-order valence-corrected chi connectivity index (χ4v) is 0.998. The van der Waals surface area contributed by atoms with Crippen molar-refractivity contribution in [2.75, 3.05) is 0 Å². The van der Waals surface area contributed by atoms with Gasteiger partial charge in [-0.05, 0) is 26.0 Å². The monoisotopic (exact) mass is 179 g/mol. The smallest absolute Gasteiger partial charge is 0.188 e. The Hall–Kier alpha value is -1.71. The predicted molar refractivity (Wildman–Crippen MR) is 46.7 cm³/mol. The number of ketones is 2. The van der Waals surface area contributed by atoms with E-state index in [0.717, 1.165) is 0 Å². The van der Waals surface area contributed by atoms with Gasteiger partial charge >= 0.3 is 0 Å². The fourth-order valence-electron chi connectivity index (χ4n) is 0.998. The van der Waals surface area contributed by atoms with E-state index in [1.165, 1.54) is 19.1 Å².